The molecule has 1 unspecified atom stereocenters. The molecule has 36 heavy (non-hydrogen) atoms. The Morgan fingerprint density at radius 1 is 1.08 bits per heavy atom. The summed E-state index contributed by atoms with van der Waals surface area (Å²) in [5.74, 6) is 0.307. The summed E-state index contributed by atoms with van der Waals surface area (Å²) in [5, 5.41) is 5.29. The molecule has 2 aromatic carbocycles. The molecule has 4 nitrogen and oxygen atoms in total. The second kappa shape index (κ2) is 11.9. The van der Waals surface area contributed by atoms with E-state index in [1.54, 1.807) is 23.9 Å². The molecule has 0 aliphatic carbocycles. The summed E-state index contributed by atoms with van der Waals surface area (Å²) >= 11 is 5.05. The number of thioether (sulfide) groups is 1. The van der Waals surface area contributed by atoms with E-state index in [0.29, 0.717) is 21.5 Å². The summed E-state index contributed by atoms with van der Waals surface area (Å²) in [6.45, 7) is 5.04. The molecule has 0 saturated heterocycles. The van der Waals surface area contributed by atoms with Gasteiger partial charge in [0.25, 0.3) is 11.8 Å². The van der Waals surface area contributed by atoms with Crippen molar-refractivity contribution < 1.29 is 35.9 Å². The third-order valence-electron chi connectivity index (χ3n) is 5.09. The average molecular weight is 711 g/mol. The number of nitrogens with one attached hydrogen (secondary N) is 2. The normalized spacial score (nSPS) is 14.6. The van der Waals surface area contributed by atoms with Gasteiger partial charge in [-0.1, -0.05) is 25.1 Å². The van der Waals surface area contributed by atoms with Gasteiger partial charge in [-0.2, -0.15) is 33.7 Å². The van der Waals surface area contributed by atoms with Gasteiger partial charge in [0.1, 0.15) is 0 Å². The minimum Gasteiger partial charge on any atom is -0.349 e. The molecule has 2 atom stereocenters. The fraction of sp³-hybridized carbons (Fsp3) is 0.391. The first kappa shape index (κ1) is 30.7. The first-order valence-electron chi connectivity index (χ1n) is 10.5. The smallest absolute Gasteiger partial charge is 0.349 e. The highest BCUT2D eigenvalue weighted by Crippen LogP contribution is 2.55. The van der Waals surface area contributed by atoms with E-state index in [1.807, 2.05) is 36.4 Å². The number of halogens is 8. The zero-order valence-electron chi connectivity index (χ0n) is 19.2. The van der Waals surface area contributed by atoms with Crippen LogP contribution in [-0.4, -0.2) is 40.4 Å². The van der Waals surface area contributed by atoms with Crippen LogP contribution in [0.25, 0.3) is 0 Å². The van der Waals surface area contributed by atoms with E-state index >= 15 is 0 Å². The number of carbonyl (C=O) groups is 2. The van der Waals surface area contributed by atoms with Crippen LogP contribution in [0.15, 0.2) is 36.4 Å². The van der Waals surface area contributed by atoms with Crippen LogP contribution in [0.1, 0.15) is 45.7 Å². The Morgan fingerprint density at radius 2 is 1.72 bits per heavy atom. The van der Waals surface area contributed by atoms with Gasteiger partial charge in [0.2, 0.25) is 0 Å². The SMILES string of the molecule is CCSC[C@H](C)NC(=O)c1c(I)cccc1C(=O)Nc1ccc(C(F)(C(F)(F)F)C(F)(F)Br)cc1C. The third-order valence-corrected chi connectivity index (χ3v) is 7.68. The monoisotopic (exact) mass is 710 g/mol. The lowest BCUT2D eigenvalue weighted by Crippen LogP contribution is -2.49. The lowest BCUT2D eigenvalue weighted by molar-refractivity contribution is -0.282. The fourth-order valence-electron chi connectivity index (χ4n) is 3.27. The van der Waals surface area contributed by atoms with E-state index in [1.165, 1.54) is 28.9 Å². The Balaban J connectivity index is 2.38. The Morgan fingerprint density at radius 3 is 2.25 bits per heavy atom. The molecule has 0 saturated carbocycles. The Labute approximate surface area is 230 Å². The highest BCUT2D eigenvalue weighted by Gasteiger charge is 2.71. The van der Waals surface area contributed by atoms with Crippen molar-refractivity contribution in [3.63, 3.8) is 0 Å². The van der Waals surface area contributed by atoms with Gasteiger partial charge >= 0.3 is 16.7 Å². The first-order valence-corrected chi connectivity index (χ1v) is 13.5. The van der Waals surface area contributed by atoms with Crippen molar-refractivity contribution >= 4 is 67.8 Å². The summed E-state index contributed by atoms with van der Waals surface area (Å²) in [7, 11) is 0. The lowest BCUT2D eigenvalue weighted by atomic mass is 9.93. The number of alkyl halides is 7. The van der Waals surface area contributed by atoms with E-state index in [4.69, 9.17) is 0 Å². The Bertz CT molecular complexity index is 1110. The largest absolute Gasteiger partial charge is 0.433 e. The predicted octanol–water partition coefficient (Wildman–Crippen LogP) is 7.44. The number of benzene rings is 2. The van der Waals surface area contributed by atoms with Gasteiger partial charge < -0.3 is 10.6 Å². The molecule has 2 N–H and O–H groups in total. The van der Waals surface area contributed by atoms with E-state index in [0.717, 1.165) is 11.8 Å². The zero-order chi connectivity index (χ0) is 27.5. The Kier molecular flexibility index (Phi) is 10.2. The molecule has 2 aromatic rings. The standard InChI is InChI=1S/C23H22BrF6IN2O2S/c1-4-36-11-13(3)32-20(35)18-15(6-5-7-16(18)31)19(34)33-17-9-8-14(10-12(17)2)21(25,22(24,26)27)23(28,29)30/h5-10,13H,4,11H2,1-3H3,(H,32,35)(H,33,34)/t13-,21?/m0/s1. The van der Waals surface area contributed by atoms with Gasteiger partial charge in [0.05, 0.1) is 11.1 Å². The highest BCUT2D eigenvalue weighted by molar-refractivity contribution is 14.1. The molecule has 0 aromatic heterocycles. The molecular formula is C23H22BrF6IN2O2S. The number of amides is 2. The van der Waals surface area contributed by atoms with Crippen LogP contribution in [0, 0.1) is 10.5 Å². The van der Waals surface area contributed by atoms with Crippen molar-refractivity contribution in [2.45, 2.75) is 43.5 Å². The van der Waals surface area contributed by atoms with Crippen LogP contribution in [0.3, 0.4) is 0 Å². The lowest BCUT2D eigenvalue weighted by Gasteiger charge is -2.32. The molecule has 0 aliphatic heterocycles. The van der Waals surface area contributed by atoms with Crippen molar-refractivity contribution in [3.8, 4) is 0 Å². The van der Waals surface area contributed by atoms with E-state index in [2.05, 4.69) is 10.6 Å². The van der Waals surface area contributed by atoms with Crippen molar-refractivity contribution in [2.24, 2.45) is 0 Å². The molecule has 13 heteroatoms. The molecule has 0 aliphatic rings. The molecule has 198 valence electrons. The maximum Gasteiger partial charge on any atom is 0.433 e. The second-order valence-electron chi connectivity index (χ2n) is 7.83. The van der Waals surface area contributed by atoms with Crippen molar-refractivity contribution in [1.29, 1.82) is 0 Å². The second-order valence-corrected chi connectivity index (χ2v) is 11.3. The van der Waals surface area contributed by atoms with Crippen molar-refractivity contribution in [2.75, 3.05) is 16.8 Å². The molecular weight excluding hydrogens is 689 g/mol. The summed E-state index contributed by atoms with van der Waals surface area (Å²) in [5.41, 5.74) is -6.35. The number of hydrogen-bond acceptors (Lipinski definition) is 3. The van der Waals surface area contributed by atoms with Crippen LogP contribution in [0.5, 0.6) is 0 Å². The number of carbonyl (C=O) groups excluding carboxylic acids is 2. The topological polar surface area (TPSA) is 58.2 Å². The van der Waals surface area contributed by atoms with E-state index < -0.39 is 34.1 Å². The number of anilines is 1. The molecule has 2 amide bonds. The van der Waals surface area contributed by atoms with E-state index in [-0.39, 0.29) is 28.4 Å². The third kappa shape index (κ3) is 6.69. The molecule has 0 heterocycles. The number of hydrogen-bond donors (Lipinski definition) is 2. The van der Waals surface area contributed by atoms with Gasteiger partial charge in [-0.3, -0.25) is 9.59 Å². The van der Waals surface area contributed by atoms with Gasteiger partial charge in [-0.05, 0) is 81.9 Å². The zero-order valence-corrected chi connectivity index (χ0v) is 23.8. The van der Waals surface area contributed by atoms with Gasteiger partial charge in [0.15, 0.2) is 0 Å². The maximum absolute atomic E-state index is 14.7. The first-order chi connectivity index (χ1) is 16.5. The van der Waals surface area contributed by atoms with Gasteiger partial charge in [-0.15, -0.1) is 0 Å². The summed E-state index contributed by atoms with van der Waals surface area (Å²) in [6, 6.07) is 6.44. The molecule has 2 rings (SSSR count). The van der Waals surface area contributed by atoms with Crippen LogP contribution in [-0.2, 0) is 5.67 Å². The average Bonchev–Trinajstić information content (AvgIpc) is 2.76. The van der Waals surface area contributed by atoms with Gasteiger partial charge in [-0.25, -0.2) is 4.39 Å². The quantitative estimate of drug-likeness (QED) is 0.162. The van der Waals surface area contributed by atoms with Crippen molar-refractivity contribution in [3.05, 3.63) is 62.2 Å². The van der Waals surface area contributed by atoms with Crippen LogP contribution >= 0.6 is 50.3 Å². The van der Waals surface area contributed by atoms with Crippen LogP contribution in [0.4, 0.5) is 32.0 Å². The molecule has 0 spiro atoms. The van der Waals surface area contributed by atoms with Gasteiger partial charge in [0, 0.05) is 26.6 Å². The predicted molar refractivity (Wildman–Crippen MR) is 141 cm³/mol. The minimum absolute atomic E-state index is 0.000317. The minimum atomic E-state index is -5.92. The maximum atomic E-state index is 14.7. The highest BCUT2D eigenvalue weighted by atomic mass is 127. The number of aryl methyl sites for hydroxylation is 1. The fourth-order valence-corrected chi connectivity index (χ4v) is 5.14. The summed E-state index contributed by atoms with van der Waals surface area (Å²) < 4.78 is 82.3. The van der Waals surface area contributed by atoms with Crippen molar-refractivity contribution in [1.82, 2.24) is 5.32 Å². The van der Waals surface area contributed by atoms with E-state index in [9.17, 15) is 35.9 Å². The molecule has 0 bridgehead atoms. The van der Waals surface area contributed by atoms with Crippen LogP contribution in [0.2, 0.25) is 0 Å². The summed E-state index contributed by atoms with van der Waals surface area (Å²) in [6.07, 6.45) is -5.92. The number of rotatable bonds is 9. The summed E-state index contributed by atoms with van der Waals surface area (Å²) in [4.78, 5) is 21.0. The Hall–Kier alpha value is -1.48. The van der Waals surface area contributed by atoms with Crippen LogP contribution < -0.4 is 10.6 Å². The molecule has 0 fully saturated rings. The molecule has 0 radical (unpaired) electrons.